The molecule has 0 atom stereocenters. The summed E-state index contributed by atoms with van der Waals surface area (Å²) in [5.74, 6) is 0.593. The molecule has 0 spiro atoms. The van der Waals surface area contributed by atoms with E-state index in [-0.39, 0.29) is 12.5 Å². The minimum absolute atomic E-state index is 0.0669. The van der Waals surface area contributed by atoms with Gasteiger partial charge in [0.25, 0.3) is 0 Å². The van der Waals surface area contributed by atoms with Crippen LogP contribution in [-0.4, -0.2) is 47.8 Å². The molecule has 1 saturated heterocycles. The van der Waals surface area contributed by atoms with Gasteiger partial charge < -0.3 is 15.5 Å². The SMILES string of the molecule is NC(=NCC(=O)N1CCc2ccccc2C1)N1CCCCCC1. The van der Waals surface area contributed by atoms with Crippen LogP contribution < -0.4 is 5.73 Å². The van der Waals surface area contributed by atoms with Gasteiger partial charge in [0.05, 0.1) is 0 Å². The number of likely N-dealkylation sites (tertiary alicyclic amines) is 1. The molecule has 0 saturated carbocycles. The summed E-state index contributed by atoms with van der Waals surface area (Å²) in [6, 6.07) is 8.33. The quantitative estimate of drug-likeness (QED) is 0.668. The minimum atomic E-state index is 0.0669. The molecule has 3 rings (SSSR count). The molecule has 124 valence electrons. The second-order valence-corrected chi connectivity index (χ2v) is 6.41. The summed E-state index contributed by atoms with van der Waals surface area (Å²) in [5.41, 5.74) is 8.68. The number of guanidine groups is 1. The summed E-state index contributed by atoms with van der Waals surface area (Å²) in [4.78, 5) is 20.8. The van der Waals surface area contributed by atoms with Gasteiger partial charge in [-0.05, 0) is 30.4 Å². The van der Waals surface area contributed by atoms with Gasteiger partial charge in [0, 0.05) is 26.2 Å². The Labute approximate surface area is 138 Å². The molecular weight excluding hydrogens is 288 g/mol. The Morgan fingerprint density at radius 2 is 1.70 bits per heavy atom. The number of carbonyl (C=O) groups is 1. The maximum absolute atomic E-state index is 12.4. The van der Waals surface area contributed by atoms with Crippen molar-refractivity contribution >= 4 is 11.9 Å². The second-order valence-electron chi connectivity index (χ2n) is 6.41. The molecule has 1 fully saturated rings. The minimum Gasteiger partial charge on any atom is -0.370 e. The molecule has 23 heavy (non-hydrogen) atoms. The van der Waals surface area contributed by atoms with Crippen LogP contribution in [0.1, 0.15) is 36.8 Å². The number of benzene rings is 1. The van der Waals surface area contributed by atoms with Gasteiger partial charge in [-0.15, -0.1) is 0 Å². The monoisotopic (exact) mass is 314 g/mol. The number of carbonyl (C=O) groups excluding carboxylic acids is 1. The summed E-state index contributed by atoms with van der Waals surface area (Å²) in [6.07, 6.45) is 5.76. The molecule has 0 aliphatic carbocycles. The zero-order chi connectivity index (χ0) is 16.1. The Bertz CT molecular complexity index is 576. The van der Waals surface area contributed by atoms with Gasteiger partial charge in [0.15, 0.2) is 5.96 Å². The van der Waals surface area contributed by atoms with E-state index in [1.807, 2.05) is 11.0 Å². The number of amides is 1. The lowest BCUT2D eigenvalue weighted by Crippen LogP contribution is -2.40. The highest BCUT2D eigenvalue weighted by atomic mass is 16.2. The van der Waals surface area contributed by atoms with Crippen LogP contribution in [0.4, 0.5) is 0 Å². The lowest BCUT2D eigenvalue weighted by molar-refractivity contribution is -0.130. The Hall–Kier alpha value is -2.04. The molecule has 2 N–H and O–H groups in total. The maximum Gasteiger partial charge on any atom is 0.244 e. The first-order valence-electron chi connectivity index (χ1n) is 8.63. The molecule has 0 aromatic heterocycles. The number of aliphatic imine (C=N–C) groups is 1. The van der Waals surface area contributed by atoms with Crippen molar-refractivity contribution in [3.8, 4) is 0 Å². The van der Waals surface area contributed by atoms with Crippen molar-refractivity contribution in [1.82, 2.24) is 9.80 Å². The van der Waals surface area contributed by atoms with Crippen LogP contribution in [0.5, 0.6) is 0 Å². The summed E-state index contributed by atoms with van der Waals surface area (Å²) in [7, 11) is 0. The van der Waals surface area contributed by atoms with Gasteiger partial charge in [-0.2, -0.15) is 0 Å². The van der Waals surface area contributed by atoms with E-state index in [4.69, 9.17) is 5.73 Å². The van der Waals surface area contributed by atoms with Crippen LogP contribution in [0.25, 0.3) is 0 Å². The van der Waals surface area contributed by atoms with E-state index in [2.05, 4.69) is 28.1 Å². The van der Waals surface area contributed by atoms with Crippen molar-refractivity contribution in [2.45, 2.75) is 38.6 Å². The number of nitrogens with zero attached hydrogens (tertiary/aromatic N) is 3. The van der Waals surface area contributed by atoms with Crippen molar-refractivity contribution in [2.24, 2.45) is 10.7 Å². The number of nitrogens with two attached hydrogens (primary N) is 1. The van der Waals surface area contributed by atoms with E-state index < -0.39 is 0 Å². The first-order chi connectivity index (χ1) is 11.2. The van der Waals surface area contributed by atoms with Crippen LogP contribution in [0.3, 0.4) is 0 Å². The largest absolute Gasteiger partial charge is 0.370 e. The van der Waals surface area contributed by atoms with Gasteiger partial charge in [-0.1, -0.05) is 37.1 Å². The molecule has 1 amide bonds. The highest BCUT2D eigenvalue weighted by molar-refractivity contribution is 5.84. The fourth-order valence-corrected chi connectivity index (χ4v) is 3.36. The molecule has 5 nitrogen and oxygen atoms in total. The number of fused-ring (bicyclic) bond motifs is 1. The third-order valence-corrected chi connectivity index (χ3v) is 4.79. The average Bonchev–Trinajstić information content (AvgIpc) is 2.88. The van der Waals surface area contributed by atoms with Crippen LogP contribution in [0.15, 0.2) is 29.3 Å². The van der Waals surface area contributed by atoms with Gasteiger partial charge in [-0.3, -0.25) is 4.79 Å². The van der Waals surface area contributed by atoms with Crippen molar-refractivity contribution in [3.05, 3.63) is 35.4 Å². The van der Waals surface area contributed by atoms with Crippen molar-refractivity contribution < 1.29 is 4.79 Å². The summed E-state index contributed by atoms with van der Waals surface area (Å²) >= 11 is 0. The predicted octanol–water partition coefficient (Wildman–Crippen LogP) is 1.76. The molecule has 0 unspecified atom stereocenters. The van der Waals surface area contributed by atoms with Crippen molar-refractivity contribution in [2.75, 3.05) is 26.2 Å². The Kier molecular flexibility index (Phi) is 5.16. The van der Waals surface area contributed by atoms with Gasteiger partial charge in [-0.25, -0.2) is 4.99 Å². The molecule has 1 aromatic carbocycles. The number of hydrogen-bond donors (Lipinski definition) is 1. The standard InChI is InChI=1S/C18H26N4O/c19-18(21-10-5-1-2-6-11-21)20-13-17(23)22-12-9-15-7-3-4-8-16(15)14-22/h3-4,7-8H,1-2,5-6,9-14H2,(H2,19,20). The van der Waals surface area contributed by atoms with Gasteiger partial charge >= 0.3 is 0 Å². The smallest absolute Gasteiger partial charge is 0.244 e. The van der Waals surface area contributed by atoms with Crippen LogP contribution in [-0.2, 0) is 17.8 Å². The average molecular weight is 314 g/mol. The Morgan fingerprint density at radius 3 is 2.43 bits per heavy atom. The molecule has 0 radical (unpaired) electrons. The lowest BCUT2D eigenvalue weighted by atomic mass is 10.00. The predicted molar refractivity (Wildman–Crippen MR) is 92.1 cm³/mol. The number of rotatable bonds is 2. The van der Waals surface area contributed by atoms with Crippen LogP contribution >= 0.6 is 0 Å². The summed E-state index contributed by atoms with van der Waals surface area (Å²) in [5, 5.41) is 0. The zero-order valence-electron chi connectivity index (χ0n) is 13.7. The molecule has 2 aliphatic heterocycles. The molecule has 1 aromatic rings. The zero-order valence-corrected chi connectivity index (χ0v) is 13.7. The third-order valence-electron chi connectivity index (χ3n) is 4.79. The number of hydrogen-bond acceptors (Lipinski definition) is 2. The van der Waals surface area contributed by atoms with Gasteiger partial charge in [0.2, 0.25) is 5.91 Å². The molecule has 0 bridgehead atoms. The van der Waals surface area contributed by atoms with Crippen LogP contribution in [0.2, 0.25) is 0 Å². The molecule has 2 heterocycles. The maximum atomic E-state index is 12.4. The Morgan fingerprint density at radius 1 is 1.00 bits per heavy atom. The third kappa shape index (κ3) is 4.03. The second kappa shape index (κ2) is 7.49. The Balaban J connectivity index is 1.56. The van der Waals surface area contributed by atoms with Crippen molar-refractivity contribution in [1.29, 1.82) is 0 Å². The van der Waals surface area contributed by atoms with E-state index in [1.54, 1.807) is 0 Å². The first kappa shape index (κ1) is 15.8. The van der Waals surface area contributed by atoms with Crippen LogP contribution in [0, 0.1) is 0 Å². The van der Waals surface area contributed by atoms with E-state index in [9.17, 15) is 4.79 Å². The normalized spacial score (nSPS) is 19.2. The molecular formula is C18H26N4O. The highest BCUT2D eigenvalue weighted by Gasteiger charge is 2.20. The van der Waals surface area contributed by atoms with Crippen molar-refractivity contribution in [3.63, 3.8) is 0 Å². The van der Waals surface area contributed by atoms with E-state index in [0.29, 0.717) is 12.5 Å². The van der Waals surface area contributed by atoms with E-state index in [0.717, 1.165) is 38.9 Å². The lowest BCUT2D eigenvalue weighted by Gasteiger charge is -2.28. The fraction of sp³-hybridized carbons (Fsp3) is 0.556. The fourth-order valence-electron chi connectivity index (χ4n) is 3.36. The van der Waals surface area contributed by atoms with E-state index >= 15 is 0 Å². The van der Waals surface area contributed by atoms with E-state index in [1.165, 1.54) is 24.0 Å². The summed E-state index contributed by atoms with van der Waals surface area (Å²) < 4.78 is 0. The highest BCUT2D eigenvalue weighted by Crippen LogP contribution is 2.18. The topological polar surface area (TPSA) is 61.9 Å². The first-order valence-corrected chi connectivity index (χ1v) is 8.63. The molecule has 5 heteroatoms. The molecule has 2 aliphatic rings. The van der Waals surface area contributed by atoms with Gasteiger partial charge in [0.1, 0.15) is 6.54 Å². The summed E-state index contributed by atoms with van der Waals surface area (Å²) in [6.45, 7) is 3.54.